The van der Waals surface area contributed by atoms with E-state index in [0.29, 0.717) is 5.56 Å². The van der Waals surface area contributed by atoms with Crippen molar-refractivity contribution in [3.8, 4) is 0 Å². The van der Waals surface area contributed by atoms with Crippen LogP contribution in [-0.4, -0.2) is 23.5 Å². The highest BCUT2D eigenvalue weighted by atomic mass is 19.4. The number of ether oxygens (including phenoxy) is 1. The van der Waals surface area contributed by atoms with Crippen LogP contribution in [0.5, 0.6) is 0 Å². The minimum absolute atomic E-state index is 0.0582. The summed E-state index contributed by atoms with van der Waals surface area (Å²) in [5, 5.41) is 0. The second kappa shape index (κ2) is 7.03. The molecule has 2 amide bonds. The zero-order valence-electron chi connectivity index (χ0n) is 13.4. The van der Waals surface area contributed by atoms with Gasteiger partial charge in [-0.15, -0.1) is 0 Å². The topological polar surface area (TPSA) is 46.6 Å². The van der Waals surface area contributed by atoms with E-state index < -0.39 is 29.8 Å². The average Bonchev–Trinajstić information content (AvgIpc) is 3.02. The van der Waals surface area contributed by atoms with Crippen LogP contribution in [0.1, 0.15) is 22.7 Å². The van der Waals surface area contributed by atoms with E-state index >= 15 is 0 Å². The number of alkyl halides is 3. The van der Waals surface area contributed by atoms with Crippen LogP contribution in [0.4, 0.5) is 18.0 Å². The predicted octanol–water partition coefficient (Wildman–Crippen LogP) is 4.44. The van der Waals surface area contributed by atoms with Crippen molar-refractivity contribution in [1.29, 1.82) is 0 Å². The molecule has 0 bridgehead atoms. The Morgan fingerprint density at radius 3 is 2.35 bits per heavy atom. The van der Waals surface area contributed by atoms with Gasteiger partial charge in [0.15, 0.2) is 0 Å². The van der Waals surface area contributed by atoms with Gasteiger partial charge in [-0.25, -0.2) is 9.69 Å². The number of benzene rings is 2. The fourth-order valence-electron chi connectivity index (χ4n) is 2.62. The minimum Gasteiger partial charge on any atom is -0.446 e. The summed E-state index contributed by atoms with van der Waals surface area (Å²) in [6.07, 6.45) is -2.66. The lowest BCUT2D eigenvalue weighted by Crippen LogP contribution is -2.32. The van der Waals surface area contributed by atoms with Gasteiger partial charge < -0.3 is 4.74 Å². The van der Waals surface area contributed by atoms with Crippen LogP contribution in [-0.2, 0) is 15.7 Å². The summed E-state index contributed by atoms with van der Waals surface area (Å²) < 4.78 is 42.6. The zero-order chi connectivity index (χ0) is 18.7. The lowest BCUT2D eigenvalue weighted by Gasteiger charge is -2.18. The van der Waals surface area contributed by atoms with Crippen LogP contribution < -0.4 is 0 Å². The molecule has 0 saturated carbocycles. The summed E-state index contributed by atoms with van der Waals surface area (Å²) in [5.41, 5.74) is 0.401. The number of halogens is 3. The number of hydrogen-bond donors (Lipinski definition) is 0. The summed E-state index contributed by atoms with van der Waals surface area (Å²) in [6.45, 7) is 0.0582. The highest BCUT2D eigenvalue weighted by Gasteiger charge is 2.37. The van der Waals surface area contributed by atoms with Gasteiger partial charge in [-0.2, -0.15) is 13.2 Å². The molecule has 2 aromatic carbocycles. The average molecular weight is 361 g/mol. The maximum atomic E-state index is 12.6. The first-order valence-corrected chi connectivity index (χ1v) is 7.76. The van der Waals surface area contributed by atoms with Crippen LogP contribution in [0.2, 0.25) is 0 Å². The Morgan fingerprint density at radius 1 is 1.08 bits per heavy atom. The zero-order valence-corrected chi connectivity index (χ0v) is 13.4. The van der Waals surface area contributed by atoms with Crippen LogP contribution in [0, 0.1) is 0 Å². The first-order chi connectivity index (χ1) is 12.4. The summed E-state index contributed by atoms with van der Waals surface area (Å²) in [6, 6.07) is 12.8. The first kappa shape index (κ1) is 17.7. The van der Waals surface area contributed by atoms with Gasteiger partial charge in [0.2, 0.25) is 0 Å². The number of rotatable bonds is 3. The van der Waals surface area contributed by atoms with Gasteiger partial charge in [-0.1, -0.05) is 42.5 Å². The van der Waals surface area contributed by atoms with Crippen LogP contribution in [0.15, 0.2) is 60.7 Å². The Kier molecular flexibility index (Phi) is 4.79. The lowest BCUT2D eigenvalue weighted by molar-refractivity contribution is -0.137. The summed E-state index contributed by atoms with van der Waals surface area (Å²) in [4.78, 5) is 25.3. The van der Waals surface area contributed by atoms with Gasteiger partial charge >= 0.3 is 12.3 Å². The normalized spacial score (nSPS) is 17.6. The third-order valence-corrected chi connectivity index (χ3v) is 3.95. The van der Waals surface area contributed by atoms with E-state index in [1.807, 2.05) is 6.07 Å². The van der Waals surface area contributed by atoms with Gasteiger partial charge in [-0.05, 0) is 29.3 Å². The van der Waals surface area contributed by atoms with Gasteiger partial charge in [0.05, 0.1) is 5.56 Å². The molecule has 1 saturated heterocycles. The third-order valence-electron chi connectivity index (χ3n) is 3.95. The highest BCUT2D eigenvalue weighted by Crippen LogP contribution is 2.30. The molecule has 4 nitrogen and oxygen atoms in total. The van der Waals surface area contributed by atoms with Gasteiger partial charge in [0.1, 0.15) is 12.6 Å². The highest BCUT2D eigenvalue weighted by molar-refractivity contribution is 6.02. The van der Waals surface area contributed by atoms with E-state index in [2.05, 4.69) is 0 Å². The SMILES string of the molecule is O=C(C=Cc1ccc(C(F)(F)F)cc1)N1C(=O)OC[C@H]1c1ccccc1. The molecule has 0 unspecified atom stereocenters. The molecule has 0 radical (unpaired) electrons. The summed E-state index contributed by atoms with van der Waals surface area (Å²) >= 11 is 0. The van der Waals surface area contributed by atoms with Gasteiger partial charge in [-0.3, -0.25) is 4.79 Å². The molecular formula is C19H14F3NO3. The standard InChI is InChI=1S/C19H14F3NO3/c20-19(21,22)15-9-6-13(7-10-15)8-11-17(24)23-16(12-26-18(23)25)14-4-2-1-3-5-14/h1-11,16H,12H2/t16-/m0/s1. The Balaban J connectivity index is 1.75. The molecule has 2 aromatic rings. The van der Waals surface area contributed by atoms with Gasteiger partial charge in [0.25, 0.3) is 5.91 Å². The molecule has 0 N–H and O–H groups in total. The van der Waals surface area contributed by atoms with Crippen molar-refractivity contribution < 1.29 is 27.5 Å². The van der Waals surface area contributed by atoms with Crippen molar-refractivity contribution in [2.45, 2.75) is 12.2 Å². The van der Waals surface area contributed by atoms with Gasteiger partial charge in [0, 0.05) is 6.08 Å². The van der Waals surface area contributed by atoms with E-state index in [0.717, 1.165) is 28.7 Å². The Hall–Kier alpha value is -3.09. The smallest absolute Gasteiger partial charge is 0.417 e. The lowest BCUT2D eigenvalue weighted by atomic mass is 10.1. The van der Waals surface area contributed by atoms with Crippen molar-refractivity contribution >= 4 is 18.1 Å². The fourth-order valence-corrected chi connectivity index (χ4v) is 2.62. The predicted molar refractivity (Wildman–Crippen MR) is 87.9 cm³/mol. The van der Waals surface area contributed by atoms with E-state index in [-0.39, 0.29) is 6.61 Å². The maximum absolute atomic E-state index is 12.6. The fraction of sp³-hybridized carbons (Fsp3) is 0.158. The minimum atomic E-state index is -4.42. The number of hydrogen-bond acceptors (Lipinski definition) is 3. The molecule has 0 aliphatic carbocycles. The van der Waals surface area contributed by atoms with E-state index in [1.165, 1.54) is 18.2 Å². The maximum Gasteiger partial charge on any atom is 0.417 e. The van der Waals surface area contributed by atoms with E-state index in [4.69, 9.17) is 4.74 Å². The first-order valence-electron chi connectivity index (χ1n) is 7.76. The summed E-state index contributed by atoms with van der Waals surface area (Å²) in [5.74, 6) is -0.596. The molecule has 0 spiro atoms. The molecule has 1 atom stereocenters. The second-order valence-corrected chi connectivity index (χ2v) is 5.66. The molecule has 134 valence electrons. The molecular weight excluding hydrogens is 347 g/mol. The Morgan fingerprint density at radius 2 is 1.73 bits per heavy atom. The Labute approximate surface area is 147 Å². The Bertz CT molecular complexity index is 829. The van der Waals surface area contributed by atoms with Crippen LogP contribution in [0.25, 0.3) is 6.08 Å². The number of amides is 2. The van der Waals surface area contributed by atoms with Crippen molar-refractivity contribution in [2.24, 2.45) is 0 Å². The van der Waals surface area contributed by atoms with E-state index in [1.54, 1.807) is 24.3 Å². The third kappa shape index (κ3) is 3.77. The van der Waals surface area contributed by atoms with Crippen LogP contribution in [0.3, 0.4) is 0 Å². The van der Waals surface area contributed by atoms with Crippen LogP contribution >= 0.6 is 0 Å². The van der Waals surface area contributed by atoms with Crippen molar-refractivity contribution in [1.82, 2.24) is 4.90 Å². The monoisotopic (exact) mass is 361 g/mol. The van der Waals surface area contributed by atoms with Crippen molar-refractivity contribution in [3.05, 3.63) is 77.4 Å². The quantitative estimate of drug-likeness (QED) is 0.760. The molecule has 26 heavy (non-hydrogen) atoms. The number of cyclic esters (lactones) is 1. The van der Waals surface area contributed by atoms with Crippen molar-refractivity contribution in [2.75, 3.05) is 6.61 Å². The molecule has 0 aromatic heterocycles. The molecule has 3 rings (SSSR count). The molecule has 1 fully saturated rings. The number of carbonyl (C=O) groups excluding carboxylic acids is 2. The number of carbonyl (C=O) groups is 2. The number of imide groups is 1. The molecule has 1 aliphatic heterocycles. The van der Waals surface area contributed by atoms with E-state index in [9.17, 15) is 22.8 Å². The summed E-state index contributed by atoms with van der Waals surface area (Å²) in [7, 11) is 0. The van der Waals surface area contributed by atoms with Crippen molar-refractivity contribution in [3.63, 3.8) is 0 Å². The molecule has 7 heteroatoms. The molecule has 1 aliphatic rings. The second-order valence-electron chi connectivity index (χ2n) is 5.66. The molecule has 1 heterocycles. The number of nitrogens with zero attached hydrogens (tertiary/aromatic N) is 1. The largest absolute Gasteiger partial charge is 0.446 e.